The number of hydrogen-bond donors (Lipinski definition) is 1. The Morgan fingerprint density at radius 1 is 1.39 bits per heavy atom. The summed E-state index contributed by atoms with van der Waals surface area (Å²) in [6.07, 6.45) is 6.42. The summed E-state index contributed by atoms with van der Waals surface area (Å²) >= 11 is 0. The maximum Gasteiger partial charge on any atom is 0.239 e. The highest BCUT2D eigenvalue weighted by molar-refractivity contribution is 5.81. The summed E-state index contributed by atoms with van der Waals surface area (Å²) in [5, 5.41) is 3.22. The quantitative estimate of drug-likeness (QED) is 0.890. The van der Waals surface area contributed by atoms with Gasteiger partial charge >= 0.3 is 0 Å². The number of likely N-dealkylation sites (tertiary alicyclic amines) is 1. The minimum Gasteiger partial charge on any atom is -0.468 e. The first kappa shape index (κ1) is 13.1. The Balaban J connectivity index is 1.79. The van der Waals surface area contributed by atoms with Gasteiger partial charge in [0.2, 0.25) is 5.91 Å². The Labute approximate surface area is 108 Å². The van der Waals surface area contributed by atoms with Crippen LogP contribution in [0.5, 0.6) is 0 Å². The van der Waals surface area contributed by atoms with E-state index in [0.29, 0.717) is 6.54 Å². The van der Waals surface area contributed by atoms with Gasteiger partial charge in [-0.05, 0) is 31.9 Å². The SMILES string of the molecule is CC(NCc1ccco1)C(=O)N1CCCCCC1. The number of rotatable bonds is 4. The summed E-state index contributed by atoms with van der Waals surface area (Å²) in [5.41, 5.74) is 0. The predicted octanol–water partition coefficient (Wildman–Crippen LogP) is 2.16. The van der Waals surface area contributed by atoms with Gasteiger partial charge in [-0.25, -0.2) is 0 Å². The first-order chi connectivity index (χ1) is 8.77. The molecule has 1 atom stereocenters. The van der Waals surface area contributed by atoms with Gasteiger partial charge in [-0.1, -0.05) is 12.8 Å². The fraction of sp³-hybridized carbons (Fsp3) is 0.643. The summed E-state index contributed by atoms with van der Waals surface area (Å²) in [5.74, 6) is 1.08. The van der Waals surface area contributed by atoms with Crippen LogP contribution in [0.15, 0.2) is 22.8 Å². The van der Waals surface area contributed by atoms with E-state index in [4.69, 9.17) is 4.42 Å². The molecule has 4 nitrogen and oxygen atoms in total. The van der Waals surface area contributed by atoms with Crippen LogP contribution in [0, 0.1) is 0 Å². The zero-order valence-electron chi connectivity index (χ0n) is 11.0. The van der Waals surface area contributed by atoms with E-state index in [1.807, 2.05) is 24.0 Å². The van der Waals surface area contributed by atoms with Crippen molar-refractivity contribution in [2.24, 2.45) is 0 Å². The smallest absolute Gasteiger partial charge is 0.239 e. The average molecular weight is 250 g/mol. The summed E-state index contributed by atoms with van der Waals surface area (Å²) in [6.45, 7) is 4.35. The van der Waals surface area contributed by atoms with E-state index in [0.717, 1.165) is 31.7 Å². The van der Waals surface area contributed by atoms with Crippen molar-refractivity contribution in [3.05, 3.63) is 24.2 Å². The van der Waals surface area contributed by atoms with Crippen LogP contribution in [-0.4, -0.2) is 29.9 Å². The zero-order chi connectivity index (χ0) is 12.8. The summed E-state index contributed by atoms with van der Waals surface area (Å²) in [6, 6.07) is 3.63. The summed E-state index contributed by atoms with van der Waals surface area (Å²) in [7, 11) is 0. The highest BCUT2D eigenvalue weighted by Gasteiger charge is 2.20. The molecular formula is C14H22N2O2. The molecule has 0 aromatic carbocycles. The third kappa shape index (κ3) is 3.60. The third-order valence-electron chi connectivity index (χ3n) is 3.45. The molecule has 0 aliphatic carbocycles. The molecule has 2 rings (SSSR count). The Hall–Kier alpha value is -1.29. The van der Waals surface area contributed by atoms with Crippen LogP contribution < -0.4 is 5.32 Å². The van der Waals surface area contributed by atoms with E-state index in [9.17, 15) is 4.79 Å². The maximum absolute atomic E-state index is 12.2. The predicted molar refractivity (Wildman–Crippen MR) is 70.1 cm³/mol. The number of carbonyl (C=O) groups excluding carboxylic acids is 1. The Morgan fingerprint density at radius 2 is 2.11 bits per heavy atom. The van der Waals surface area contributed by atoms with Crippen molar-refractivity contribution < 1.29 is 9.21 Å². The van der Waals surface area contributed by atoms with E-state index in [1.165, 1.54) is 12.8 Å². The summed E-state index contributed by atoms with van der Waals surface area (Å²) < 4.78 is 5.24. The van der Waals surface area contributed by atoms with Crippen LogP contribution in [0.4, 0.5) is 0 Å². The van der Waals surface area contributed by atoms with Gasteiger partial charge in [0, 0.05) is 13.1 Å². The van der Waals surface area contributed by atoms with Gasteiger partial charge in [-0.3, -0.25) is 10.1 Å². The van der Waals surface area contributed by atoms with Crippen LogP contribution in [0.25, 0.3) is 0 Å². The number of nitrogens with one attached hydrogen (secondary N) is 1. The number of nitrogens with zero attached hydrogens (tertiary/aromatic N) is 1. The van der Waals surface area contributed by atoms with E-state index in [-0.39, 0.29) is 11.9 Å². The van der Waals surface area contributed by atoms with Crippen molar-refractivity contribution in [1.29, 1.82) is 0 Å². The fourth-order valence-electron chi connectivity index (χ4n) is 2.32. The molecule has 1 aromatic heterocycles. The fourth-order valence-corrected chi connectivity index (χ4v) is 2.32. The molecule has 0 spiro atoms. The molecule has 1 fully saturated rings. The molecule has 18 heavy (non-hydrogen) atoms. The highest BCUT2D eigenvalue weighted by Crippen LogP contribution is 2.11. The molecule has 1 aliphatic heterocycles. The number of carbonyl (C=O) groups is 1. The lowest BCUT2D eigenvalue weighted by Crippen LogP contribution is -2.44. The maximum atomic E-state index is 12.2. The topological polar surface area (TPSA) is 45.5 Å². The number of hydrogen-bond acceptors (Lipinski definition) is 3. The van der Waals surface area contributed by atoms with Crippen molar-refractivity contribution in [2.45, 2.75) is 45.2 Å². The molecule has 100 valence electrons. The Morgan fingerprint density at radius 3 is 2.72 bits per heavy atom. The van der Waals surface area contributed by atoms with Crippen LogP contribution in [0.2, 0.25) is 0 Å². The van der Waals surface area contributed by atoms with Gasteiger partial charge in [-0.2, -0.15) is 0 Å². The minimum absolute atomic E-state index is 0.145. The van der Waals surface area contributed by atoms with Gasteiger partial charge in [0.25, 0.3) is 0 Å². The van der Waals surface area contributed by atoms with Gasteiger partial charge in [0.15, 0.2) is 0 Å². The molecule has 4 heteroatoms. The second kappa shape index (κ2) is 6.59. The molecule has 1 N–H and O–H groups in total. The average Bonchev–Trinajstić information content (AvgIpc) is 2.75. The molecule has 1 saturated heterocycles. The normalized spacial score (nSPS) is 18.4. The summed E-state index contributed by atoms with van der Waals surface area (Å²) in [4.78, 5) is 14.2. The number of amides is 1. The van der Waals surface area contributed by atoms with E-state index < -0.39 is 0 Å². The second-order valence-corrected chi connectivity index (χ2v) is 4.92. The molecule has 1 unspecified atom stereocenters. The van der Waals surface area contributed by atoms with Crippen LogP contribution in [-0.2, 0) is 11.3 Å². The first-order valence-corrected chi connectivity index (χ1v) is 6.82. The van der Waals surface area contributed by atoms with Crippen molar-refractivity contribution in [3.8, 4) is 0 Å². The van der Waals surface area contributed by atoms with E-state index in [2.05, 4.69) is 5.32 Å². The van der Waals surface area contributed by atoms with Gasteiger partial charge in [0.1, 0.15) is 5.76 Å². The highest BCUT2D eigenvalue weighted by atomic mass is 16.3. The largest absolute Gasteiger partial charge is 0.468 e. The zero-order valence-corrected chi connectivity index (χ0v) is 11.0. The van der Waals surface area contributed by atoms with E-state index in [1.54, 1.807) is 6.26 Å². The molecule has 1 amide bonds. The molecule has 2 heterocycles. The van der Waals surface area contributed by atoms with Crippen molar-refractivity contribution in [1.82, 2.24) is 10.2 Å². The lowest BCUT2D eigenvalue weighted by atomic mass is 10.2. The Bertz CT molecular complexity index is 354. The lowest BCUT2D eigenvalue weighted by molar-refractivity contribution is -0.133. The Kier molecular flexibility index (Phi) is 4.81. The van der Waals surface area contributed by atoms with Crippen LogP contribution in [0.3, 0.4) is 0 Å². The third-order valence-corrected chi connectivity index (χ3v) is 3.45. The monoisotopic (exact) mass is 250 g/mol. The lowest BCUT2D eigenvalue weighted by Gasteiger charge is -2.24. The minimum atomic E-state index is -0.145. The van der Waals surface area contributed by atoms with Gasteiger partial charge in [0.05, 0.1) is 18.8 Å². The van der Waals surface area contributed by atoms with Gasteiger partial charge < -0.3 is 9.32 Å². The molecule has 1 aromatic rings. The van der Waals surface area contributed by atoms with Gasteiger partial charge in [-0.15, -0.1) is 0 Å². The number of furan rings is 1. The molecule has 0 bridgehead atoms. The van der Waals surface area contributed by atoms with Crippen LogP contribution in [0.1, 0.15) is 38.4 Å². The first-order valence-electron chi connectivity index (χ1n) is 6.82. The molecule has 0 radical (unpaired) electrons. The van der Waals surface area contributed by atoms with Crippen LogP contribution >= 0.6 is 0 Å². The molecular weight excluding hydrogens is 228 g/mol. The van der Waals surface area contributed by atoms with Crippen molar-refractivity contribution in [3.63, 3.8) is 0 Å². The van der Waals surface area contributed by atoms with Crippen molar-refractivity contribution >= 4 is 5.91 Å². The standard InChI is InChI=1S/C14H22N2O2/c1-12(15-11-13-7-6-10-18-13)14(17)16-8-4-2-3-5-9-16/h6-7,10,12,15H,2-5,8-9,11H2,1H3. The van der Waals surface area contributed by atoms with E-state index >= 15 is 0 Å². The molecule has 1 aliphatic rings. The van der Waals surface area contributed by atoms with Crippen molar-refractivity contribution in [2.75, 3.05) is 13.1 Å². The second-order valence-electron chi connectivity index (χ2n) is 4.92. The molecule has 0 saturated carbocycles.